The number of likely N-dealkylation sites (tertiary alicyclic amines) is 3. The zero-order chi connectivity index (χ0) is 25.7. The lowest BCUT2D eigenvalue weighted by Gasteiger charge is -2.63. The molecule has 3 aliphatic heterocycles. The third kappa shape index (κ3) is 3.82. The van der Waals surface area contributed by atoms with Gasteiger partial charge in [-0.1, -0.05) is 0 Å². The minimum Gasteiger partial charge on any atom is -0.323 e. The van der Waals surface area contributed by atoms with Gasteiger partial charge >= 0.3 is 18.4 Å². The average Bonchev–Trinajstić information content (AvgIpc) is 3.26. The van der Waals surface area contributed by atoms with Crippen LogP contribution in [0.5, 0.6) is 0 Å². The molecule has 2 spiro atoms. The Labute approximate surface area is 201 Å². The lowest BCUT2D eigenvalue weighted by atomic mass is 9.60. The molecule has 36 heavy (non-hydrogen) atoms. The third-order valence-electron chi connectivity index (χ3n) is 7.84. The molecule has 2 amide bonds. The molecule has 2 aromatic heterocycles. The number of hydrogen-bond donors (Lipinski definition) is 0. The number of amides is 2. The molecule has 0 atom stereocenters. The first-order valence-corrected chi connectivity index (χ1v) is 11.6. The minimum absolute atomic E-state index is 0.00923. The normalized spacial score (nSPS) is 23.4. The summed E-state index contributed by atoms with van der Waals surface area (Å²) in [6.07, 6.45) is -6.55. The van der Waals surface area contributed by atoms with Gasteiger partial charge in [-0.15, -0.1) is 5.10 Å². The van der Waals surface area contributed by atoms with Crippen LogP contribution < -0.4 is 0 Å². The van der Waals surface area contributed by atoms with Crippen LogP contribution in [0.15, 0.2) is 12.4 Å². The summed E-state index contributed by atoms with van der Waals surface area (Å²) in [7, 11) is 1.28. The summed E-state index contributed by atoms with van der Waals surface area (Å²) in [5.74, 6) is -1.14. The summed E-state index contributed by atoms with van der Waals surface area (Å²) >= 11 is 0. The second kappa shape index (κ2) is 7.35. The molecule has 4 aliphatic rings. The number of carbonyl (C=O) groups is 1. The van der Waals surface area contributed by atoms with E-state index in [1.54, 1.807) is 9.80 Å². The number of alkyl halides is 6. The highest BCUT2D eigenvalue weighted by Crippen LogP contribution is 2.54. The predicted octanol–water partition coefficient (Wildman–Crippen LogP) is 2.62. The summed E-state index contributed by atoms with van der Waals surface area (Å²) in [6.45, 7) is 4.15. The number of aryl methyl sites for hydroxylation is 1. The Kier molecular flexibility index (Phi) is 4.81. The van der Waals surface area contributed by atoms with Crippen LogP contribution in [0.1, 0.15) is 36.1 Å². The van der Waals surface area contributed by atoms with Crippen LogP contribution in [0.3, 0.4) is 0 Å². The SMILES string of the molecule is Cn1nc(CN2CC3(C2)CN(C(=O)N2CC4(CC(n5cnc(C(F)(F)F)n5)C4)C2)C3)cc1C(F)(F)F. The Bertz CT molecular complexity index is 1170. The van der Waals surface area contributed by atoms with E-state index < -0.39 is 23.9 Å². The van der Waals surface area contributed by atoms with Crippen molar-refractivity contribution in [3.63, 3.8) is 0 Å². The van der Waals surface area contributed by atoms with Crippen LogP contribution in [0.25, 0.3) is 0 Å². The number of nitrogens with zero attached hydrogens (tertiary/aromatic N) is 8. The molecule has 6 rings (SSSR count). The Morgan fingerprint density at radius 2 is 1.56 bits per heavy atom. The molecule has 15 heteroatoms. The summed E-state index contributed by atoms with van der Waals surface area (Å²) < 4.78 is 79.1. The van der Waals surface area contributed by atoms with Crippen LogP contribution in [-0.4, -0.2) is 84.5 Å². The van der Waals surface area contributed by atoms with E-state index in [9.17, 15) is 31.1 Å². The monoisotopic (exact) mass is 518 g/mol. The van der Waals surface area contributed by atoms with E-state index in [0.717, 1.165) is 17.1 Å². The van der Waals surface area contributed by atoms with Crippen molar-refractivity contribution in [3.8, 4) is 0 Å². The number of aromatic nitrogens is 5. The van der Waals surface area contributed by atoms with Gasteiger partial charge in [0.05, 0.1) is 11.7 Å². The highest BCUT2D eigenvalue weighted by atomic mass is 19.4. The summed E-state index contributed by atoms with van der Waals surface area (Å²) in [5.41, 5.74) is -0.467. The Morgan fingerprint density at radius 3 is 2.08 bits per heavy atom. The van der Waals surface area contributed by atoms with Gasteiger partial charge in [-0.05, 0) is 18.9 Å². The maximum absolute atomic E-state index is 13.0. The maximum atomic E-state index is 13.0. The molecule has 1 saturated carbocycles. The van der Waals surface area contributed by atoms with E-state index in [-0.39, 0.29) is 22.9 Å². The second-order valence-electron chi connectivity index (χ2n) is 10.9. The first kappa shape index (κ1) is 23.6. The smallest absolute Gasteiger partial charge is 0.323 e. The molecule has 9 nitrogen and oxygen atoms in total. The number of halogens is 6. The van der Waals surface area contributed by atoms with Crippen LogP contribution in [-0.2, 0) is 25.9 Å². The maximum Gasteiger partial charge on any atom is 0.453 e. The first-order chi connectivity index (χ1) is 16.7. The van der Waals surface area contributed by atoms with Gasteiger partial charge in [-0.3, -0.25) is 9.58 Å². The van der Waals surface area contributed by atoms with Crippen LogP contribution in [0.4, 0.5) is 31.1 Å². The van der Waals surface area contributed by atoms with E-state index in [2.05, 4.69) is 15.2 Å². The number of urea groups is 1. The largest absolute Gasteiger partial charge is 0.453 e. The van der Waals surface area contributed by atoms with Crippen molar-refractivity contribution in [2.24, 2.45) is 17.9 Å². The zero-order valence-corrected chi connectivity index (χ0v) is 19.3. The van der Waals surface area contributed by atoms with Crippen molar-refractivity contribution in [3.05, 3.63) is 29.6 Å². The number of rotatable bonds is 3. The second-order valence-corrected chi connectivity index (χ2v) is 10.9. The van der Waals surface area contributed by atoms with Crippen molar-refractivity contribution >= 4 is 6.03 Å². The fraction of sp³-hybridized carbons (Fsp3) is 0.714. The van der Waals surface area contributed by atoms with Crippen molar-refractivity contribution < 1.29 is 31.1 Å². The number of hydrogen-bond acceptors (Lipinski definition) is 5. The predicted molar refractivity (Wildman–Crippen MR) is 110 cm³/mol. The summed E-state index contributed by atoms with van der Waals surface area (Å²) in [6, 6.07) is 0.906. The highest BCUT2D eigenvalue weighted by Gasteiger charge is 2.58. The van der Waals surface area contributed by atoms with Gasteiger partial charge in [-0.2, -0.15) is 31.4 Å². The Hall–Kier alpha value is -2.84. The lowest BCUT2D eigenvalue weighted by molar-refractivity contribution is -0.145. The van der Waals surface area contributed by atoms with Crippen molar-refractivity contribution in [1.29, 1.82) is 0 Å². The molecule has 0 unspecified atom stereocenters. The standard InChI is InChI=1S/C21H24F6N8O/c1-31-15(20(22,23)24)2-13(29-31)5-32-6-19(7-32)10-34(11-19)17(36)33-8-18(9-33)3-14(4-18)35-12-28-16(30-35)21(25,26)27/h2,12,14H,3-11H2,1H3. The van der Waals surface area contributed by atoms with Crippen molar-refractivity contribution in [2.45, 2.75) is 37.8 Å². The molecule has 0 N–H and O–H groups in total. The van der Waals surface area contributed by atoms with E-state index in [4.69, 9.17) is 0 Å². The third-order valence-corrected chi connectivity index (χ3v) is 7.84. The van der Waals surface area contributed by atoms with Crippen LogP contribution >= 0.6 is 0 Å². The Balaban J connectivity index is 0.933. The van der Waals surface area contributed by atoms with Crippen molar-refractivity contribution in [2.75, 3.05) is 39.3 Å². The first-order valence-electron chi connectivity index (χ1n) is 11.6. The topological polar surface area (TPSA) is 75.3 Å². The molecule has 5 heterocycles. The van der Waals surface area contributed by atoms with Crippen LogP contribution in [0, 0.1) is 10.8 Å². The van der Waals surface area contributed by atoms with Gasteiger partial charge in [0.25, 0.3) is 5.82 Å². The molecule has 1 aliphatic carbocycles. The fourth-order valence-electron chi connectivity index (χ4n) is 6.28. The van der Waals surface area contributed by atoms with Gasteiger partial charge in [0.1, 0.15) is 12.0 Å². The van der Waals surface area contributed by atoms with Gasteiger partial charge in [0.2, 0.25) is 0 Å². The molecular formula is C21H24F6N8O. The van der Waals surface area contributed by atoms with Gasteiger partial charge in [0.15, 0.2) is 0 Å². The van der Waals surface area contributed by atoms with Gasteiger partial charge in [-0.25, -0.2) is 14.5 Å². The molecule has 2 aromatic rings. The number of carbonyl (C=O) groups excluding carboxylic acids is 1. The molecule has 0 bridgehead atoms. The summed E-state index contributed by atoms with van der Waals surface area (Å²) in [5, 5.41) is 7.51. The lowest BCUT2D eigenvalue weighted by Crippen LogP contribution is -2.75. The van der Waals surface area contributed by atoms with E-state index >= 15 is 0 Å². The van der Waals surface area contributed by atoms with E-state index in [1.165, 1.54) is 11.7 Å². The quantitative estimate of drug-likeness (QED) is 0.585. The molecule has 0 radical (unpaired) electrons. The molecule has 3 saturated heterocycles. The Morgan fingerprint density at radius 1 is 0.944 bits per heavy atom. The summed E-state index contributed by atoms with van der Waals surface area (Å²) in [4.78, 5) is 21.7. The minimum atomic E-state index is -4.56. The molecule has 4 fully saturated rings. The van der Waals surface area contributed by atoms with Gasteiger partial charge < -0.3 is 9.80 Å². The fourth-order valence-corrected chi connectivity index (χ4v) is 6.28. The molecule has 196 valence electrons. The van der Waals surface area contributed by atoms with Crippen LogP contribution in [0.2, 0.25) is 0 Å². The van der Waals surface area contributed by atoms with Crippen molar-refractivity contribution in [1.82, 2.24) is 39.2 Å². The van der Waals surface area contributed by atoms with Gasteiger partial charge in [0, 0.05) is 63.7 Å². The zero-order valence-electron chi connectivity index (χ0n) is 19.3. The van der Waals surface area contributed by atoms with E-state index in [0.29, 0.717) is 64.3 Å². The molecule has 0 aromatic carbocycles. The molecular weight excluding hydrogens is 494 g/mol. The highest BCUT2D eigenvalue weighted by molar-refractivity contribution is 5.77. The van der Waals surface area contributed by atoms with E-state index in [1.807, 2.05) is 4.90 Å². The average molecular weight is 518 g/mol.